The number of nitrogens with one attached hydrogen (secondary N) is 1. The quantitative estimate of drug-likeness (QED) is 0.641. The summed E-state index contributed by atoms with van der Waals surface area (Å²) in [4.78, 5) is 13.7. The van der Waals surface area contributed by atoms with Crippen LogP contribution in [0.3, 0.4) is 0 Å². The average molecular weight is 245 g/mol. The third-order valence-corrected chi connectivity index (χ3v) is 2.70. The van der Waals surface area contributed by atoms with Crippen molar-refractivity contribution in [1.82, 2.24) is 10.2 Å². The molecule has 0 aliphatic heterocycles. The summed E-state index contributed by atoms with van der Waals surface area (Å²) in [5.41, 5.74) is 5.67. The Morgan fingerprint density at radius 2 is 2.12 bits per heavy atom. The van der Waals surface area contributed by atoms with Gasteiger partial charge < -0.3 is 15.8 Å². The fourth-order valence-electron chi connectivity index (χ4n) is 1.48. The monoisotopic (exact) mass is 245 g/mol. The van der Waals surface area contributed by atoms with Gasteiger partial charge in [0, 0.05) is 25.2 Å². The fraction of sp³-hybridized carbons (Fsp3) is 0.917. The molecule has 0 bridgehead atoms. The first-order chi connectivity index (χ1) is 7.80. The van der Waals surface area contributed by atoms with Crippen LogP contribution in [0.1, 0.15) is 27.2 Å². The molecule has 0 heterocycles. The molecule has 0 aliphatic carbocycles. The Labute approximate surface area is 105 Å². The molecule has 3 N–H and O–H groups in total. The van der Waals surface area contributed by atoms with Crippen molar-refractivity contribution in [3.8, 4) is 0 Å². The number of ether oxygens (including phenoxy) is 1. The maximum absolute atomic E-state index is 11.7. The molecule has 102 valence electrons. The van der Waals surface area contributed by atoms with E-state index in [1.165, 1.54) is 0 Å². The second kappa shape index (κ2) is 7.63. The van der Waals surface area contributed by atoms with Crippen molar-refractivity contribution in [3.05, 3.63) is 0 Å². The smallest absolute Gasteiger partial charge is 0.234 e. The number of nitrogens with zero attached hydrogens (tertiary/aromatic N) is 1. The van der Waals surface area contributed by atoms with Crippen LogP contribution in [-0.4, -0.2) is 56.2 Å². The Morgan fingerprint density at radius 1 is 1.53 bits per heavy atom. The first kappa shape index (κ1) is 16.4. The molecule has 0 aromatic rings. The van der Waals surface area contributed by atoms with Gasteiger partial charge in [-0.3, -0.25) is 9.69 Å². The molecule has 0 saturated carbocycles. The highest BCUT2D eigenvalue weighted by molar-refractivity contribution is 5.78. The lowest BCUT2D eigenvalue weighted by Crippen LogP contribution is -2.48. The summed E-state index contributed by atoms with van der Waals surface area (Å²) in [5.74, 6) is 0.0315. The summed E-state index contributed by atoms with van der Waals surface area (Å²) in [6.45, 7) is 7.60. The van der Waals surface area contributed by atoms with E-state index in [-0.39, 0.29) is 17.5 Å². The third-order valence-electron chi connectivity index (χ3n) is 2.70. The first-order valence-electron chi connectivity index (χ1n) is 6.04. The highest BCUT2D eigenvalue weighted by atomic mass is 16.5. The van der Waals surface area contributed by atoms with Crippen molar-refractivity contribution in [3.63, 3.8) is 0 Å². The van der Waals surface area contributed by atoms with Crippen molar-refractivity contribution in [2.24, 2.45) is 5.73 Å². The van der Waals surface area contributed by atoms with Gasteiger partial charge >= 0.3 is 0 Å². The van der Waals surface area contributed by atoms with E-state index in [1.54, 1.807) is 7.11 Å². The van der Waals surface area contributed by atoms with Crippen LogP contribution in [0, 0.1) is 0 Å². The number of hydrogen-bond donors (Lipinski definition) is 2. The minimum atomic E-state index is -0.146. The molecule has 0 aliphatic rings. The zero-order valence-corrected chi connectivity index (χ0v) is 11.7. The van der Waals surface area contributed by atoms with Gasteiger partial charge in [0.25, 0.3) is 0 Å². The van der Waals surface area contributed by atoms with Crippen LogP contribution >= 0.6 is 0 Å². The molecule has 0 saturated heterocycles. The van der Waals surface area contributed by atoms with Crippen molar-refractivity contribution < 1.29 is 9.53 Å². The molecule has 1 atom stereocenters. The van der Waals surface area contributed by atoms with Gasteiger partial charge in [-0.2, -0.15) is 0 Å². The third kappa shape index (κ3) is 8.12. The number of methoxy groups -OCH3 is 1. The Morgan fingerprint density at radius 3 is 2.59 bits per heavy atom. The number of likely N-dealkylation sites (N-methyl/N-ethyl adjacent to an activating group) is 1. The summed E-state index contributed by atoms with van der Waals surface area (Å²) in [6, 6.07) is -0.0583. The van der Waals surface area contributed by atoms with Crippen LogP contribution in [0.5, 0.6) is 0 Å². The summed E-state index contributed by atoms with van der Waals surface area (Å²) in [6.07, 6.45) is 0.908. The van der Waals surface area contributed by atoms with Gasteiger partial charge in [-0.1, -0.05) is 6.92 Å². The van der Waals surface area contributed by atoms with Crippen molar-refractivity contribution in [2.45, 2.75) is 38.8 Å². The van der Waals surface area contributed by atoms with Crippen molar-refractivity contribution >= 4 is 5.91 Å². The molecule has 0 aromatic carbocycles. The lowest BCUT2D eigenvalue weighted by Gasteiger charge is -2.27. The molecule has 0 rings (SSSR count). The van der Waals surface area contributed by atoms with Crippen LogP contribution in [0.2, 0.25) is 0 Å². The molecule has 1 unspecified atom stereocenters. The van der Waals surface area contributed by atoms with Crippen LogP contribution in [0.15, 0.2) is 0 Å². The molecule has 5 nitrogen and oxygen atoms in total. The zero-order valence-electron chi connectivity index (χ0n) is 11.7. The standard InChI is InChI=1S/C12H27N3O2/c1-6-12(2,3)14-11(16)8-15(4)7-10(13)9-17-5/h10H,6-9,13H2,1-5H3,(H,14,16). The Balaban J connectivity index is 3.95. The highest BCUT2D eigenvalue weighted by Gasteiger charge is 2.19. The van der Waals surface area contributed by atoms with Gasteiger partial charge in [0.2, 0.25) is 5.91 Å². The molecule has 5 heteroatoms. The van der Waals surface area contributed by atoms with E-state index in [0.717, 1.165) is 6.42 Å². The average Bonchev–Trinajstić information content (AvgIpc) is 2.16. The van der Waals surface area contributed by atoms with Crippen molar-refractivity contribution in [2.75, 3.05) is 33.9 Å². The van der Waals surface area contributed by atoms with E-state index in [9.17, 15) is 4.79 Å². The zero-order chi connectivity index (χ0) is 13.5. The van der Waals surface area contributed by atoms with E-state index in [2.05, 4.69) is 12.2 Å². The van der Waals surface area contributed by atoms with Crippen LogP contribution < -0.4 is 11.1 Å². The molecule has 0 radical (unpaired) electrons. The lowest BCUT2D eigenvalue weighted by atomic mass is 10.0. The maximum atomic E-state index is 11.7. The highest BCUT2D eigenvalue weighted by Crippen LogP contribution is 2.06. The Kier molecular flexibility index (Phi) is 7.34. The van der Waals surface area contributed by atoms with Gasteiger partial charge in [0.05, 0.1) is 13.2 Å². The van der Waals surface area contributed by atoms with Gasteiger partial charge in [-0.05, 0) is 27.3 Å². The van der Waals surface area contributed by atoms with E-state index < -0.39 is 0 Å². The minimum absolute atomic E-state index is 0.0315. The summed E-state index contributed by atoms with van der Waals surface area (Å²) >= 11 is 0. The second-order valence-corrected chi connectivity index (χ2v) is 5.20. The van der Waals surface area contributed by atoms with Crippen LogP contribution in [0.4, 0.5) is 0 Å². The van der Waals surface area contributed by atoms with Gasteiger partial charge in [0.1, 0.15) is 0 Å². The predicted octanol–water partition coefficient (Wildman–Crippen LogP) is 0.197. The molecular weight excluding hydrogens is 218 g/mol. The number of amides is 1. The second-order valence-electron chi connectivity index (χ2n) is 5.20. The van der Waals surface area contributed by atoms with Crippen LogP contribution in [-0.2, 0) is 9.53 Å². The molecular formula is C12H27N3O2. The van der Waals surface area contributed by atoms with E-state index in [4.69, 9.17) is 10.5 Å². The fourth-order valence-corrected chi connectivity index (χ4v) is 1.48. The first-order valence-corrected chi connectivity index (χ1v) is 6.04. The molecule has 0 aromatic heterocycles. The number of hydrogen-bond acceptors (Lipinski definition) is 4. The van der Waals surface area contributed by atoms with Gasteiger partial charge in [-0.15, -0.1) is 0 Å². The minimum Gasteiger partial charge on any atom is -0.383 e. The summed E-state index contributed by atoms with van der Waals surface area (Å²) in [7, 11) is 3.50. The summed E-state index contributed by atoms with van der Waals surface area (Å²) < 4.78 is 4.96. The lowest BCUT2D eigenvalue weighted by molar-refractivity contribution is -0.123. The van der Waals surface area contributed by atoms with E-state index >= 15 is 0 Å². The topological polar surface area (TPSA) is 67.6 Å². The SMILES string of the molecule is CCC(C)(C)NC(=O)CN(C)CC(N)COC. The van der Waals surface area contributed by atoms with Gasteiger partial charge in [-0.25, -0.2) is 0 Å². The predicted molar refractivity (Wildman–Crippen MR) is 69.9 cm³/mol. The number of carbonyl (C=O) groups is 1. The molecule has 0 fully saturated rings. The number of rotatable bonds is 8. The van der Waals surface area contributed by atoms with Crippen LogP contribution in [0.25, 0.3) is 0 Å². The van der Waals surface area contributed by atoms with Gasteiger partial charge in [0.15, 0.2) is 0 Å². The van der Waals surface area contributed by atoms with Crippen molar-refractivity contribution in [1.29, 1.82) is 0 Å². The molecule has 17 heavy (non-hydrogen) atoms. The molecule has 1 amide bonds. The van der Waals surface area contributed by atoms with E-state index in [1.807, 2.05) is 25.8 Å². The largest absolute Gasteiger partial charge is 0.383 e. The number of carbonyl (C=O) groups excluding carboxylic acids is 1. The van der Waals surface area contributed by atoms with E-state index in [0.29, 0.717) is 19.7 Å². The summed E-state index contributed by atoms with van der Waals surface area (Å²) in [5, 5.41) is 2.99. The normalized spacial score (nSPS) is 13.8. The maximum Gasteiger partial charge on any atom is 0.234 e. The Bertz CT molecular complexity index is 232. The molecule has 0 spiro atoms. The number of nitrogens with two attached hydrogens (primary N) is 1. The Hall–Kier alpha value is -0.650.